The molecule has 2 fully saturated rings. The topological polar surface area (TPSA) is 84.1 Å². The van der Waals surface area contributed by atoms with Crippen molar-refractivity contribution in [3.05, 3.63) is 17.6 Å². The minimum atomic E-state index is -0.499. The van der Waals surface area contributed by atoms with Crippen molar-refractivity contribution >= 4 is 11.7 Å². The van der Waals surface area contributed by atoms with Crippen LogP contribution in [0.3, 0.4) is 0 Å². The highest BCUT2D eigenvalue weighted by atomic mass is 16.1. The van der Waals surface area contributed by atoms with E-state index in [4.69, 9.17) is 5.73 Å². The molecule has 0 aromatic carbocycles. The van der Waals surface area contributed by atoms with Crippen LogP contribution in [-0.4, -0.2) is 42.1 Å². The van der Waals surface area contributed by atoms with Crippen LogP contribution in [-0.2, 0) is 0 Å². The molecule has 3 N–H and O–H groups in total. The Hall–Kier alpha value is -1.69. The van der Waals surface area contributed by atoms with E-state index in [1.807, 2.05) is 0 Å². The molecule has 1 amide bonds. The first-order valence-corrected chi connectivity index (χ1v) is 6.88. The summed E-state index contributed by atoms with van der Waals surface area (Å²) >= 11 is 0. The number of amides is 1. The fourth-order valence-electron chi connectivity index (χ4n) is 2.56. The largest absolute Gasteiger partial charge is 0.364 e. The number of nitrogens with one attached hydrogen (secondary N) is 1. The van der Waals surface area contributed by atoms with Crippen molar-refractivity contribution in [1.29, 1.82) is 0 Å². The van der Waals surface area contributed by atoms with Crippen LogP contribution in [0.2, 0.25) is 0 Å². The number of anilines is 1. The number of hydrogen-bond donors (Lipinski definition) is 2. The Morgan fingerprint density at radius 1 is 1.37 bits per heavy atom. The highest BCUT2D eigenvalue weighted by molar-refractivity contribution is 5.95. The molecule has 102 valence electrons. The summed E-state index contributed by atoms with van der Waals surface area (Å²) in [5.41, 5.74) is 6.71. The van der Waals surface area contributed by atoms with Gasteiger partial charge < -0.3 is 16.0 Å². The molecule has 0 radical (unpaired) electrons. The Balaban J connectivity index is 1.94. The van der Waals surface area contributed by atoms with Gasteiger partial charge in [0.1, 0.15) is 0 Å². The van der Waals surface area contributed by atoms with Crippen LogP contribution in [0.25, 0.3) is 0 Å². The van der Waals surface area contributed by atoms with Gasteiger partial charge >= 0.3 is 0 Å². The third-order valence-electron chi connectivity index (χ3n) is 3.95. The molecule has 1 saturated carbocycles. The standard InChI is InChI=1S/C13H19N5O/c14-12(19)11-13(18-6-4-15-5-7-18)17-10(8-16-11)9-2-1-3-9/h8-9,15H,1-7H2,(H2,14,19). The maximum absolute atomic E-state index is 11.5. The Morgan fingerprint density at radius 3 is 2.68 bits per heavy atom. The van der Waals surface area contributed by atoms with Crippen molar-refractivity contribution in [3.8, 4) is 0 Å². The van der Waals surface area contributed by atoms with E-state index in [2.05, 4.69) is 20.2 Å². The molecule has 0 bridgehead atoms. The predicted octanol–water partition coefficient (Wildman–Crippen LogP) is 0.253. The highest BCUT2D eigenvalue weighted by Crippen LogP contribution is 2.35. The number of piperazine rings is 1. The zero-order chi connectivity index (χ0) is 13.2. The first-order chi connectivity index (χ1) is 9.25. The predicted molar refractivity (Wildman–Crippen MR) is 72.2 cm³/mol. The third-order valence-corrected chi connectivity index (χ3v) is 3.95. The molecule has 2 aliphatic rings. The van der Waals surface area contributed by atoms with E-state index in [0.717, 1.165) is 31.9 Å². The second-order valence-electron chi connectivity index (χ2n) is 5.20. The number of carbonyl (C=O) groups excluding carboxylic acids is 1. The van der Waals surface area contributed by atoms with Crippen molar-refractivity contribution in [3.63, 3.8) is 0 Å². The number of carbonyl (C=O) groups is 1. The fourth-order valence-corrected chi connectivity index (χ4v) is 2.56. The maximum Gasteiger partial charge on any atom is 0.271 e. The molecular formula is C13H19N5O. The van der Waals surface area contributed by atoms with Gasteiger partial charge in [-0.1, -0.05) is 6.42 Å². The Morgan fingerprint density at radius 2 is 2.11 bits per heavy atom. The smallest absolute Gasteiger partial charge is 0.271 e. The third kappa shape index (κ3) is 2.40. The number of primary amides is 1. The van der Waals surface area contributed by atoms with E-state index in [9.17, 15) is 4.79 Å². The minimum absolute atomic E-state index is 0.296. The summed E-state index contributed by atoms with van der Waals surface area (Å²) in [5.74, 6) is 0.677. The zero-order valence-electron chi connectivity index (χ0n) is 10.9. The molecule has 1 aromatic heterocycles. The van der Waals surface area contributed by atoms with E-state index >= 15 is 0 Å². The van der Waals surface area contributed by atoms with Crippen molar-refractivity contribution in [2.75, 3.05) is 31.1 Å². The molecule has 1 aromatic rings. The molecule has 1 saturated heterocycles. The van der Waals surface area contributed by atoms with Crippen LogP contribution in [0.4, 0.5) is 5.82 Å². The first kappa shape index (κ1) is 12.3. The summed E-state index contributed by atoms with van der Waals surface area (Å²) in [7, 11) is 0. The lowest BCUT2D eigenvalue weighted by Crippen LogP contribution is -2.45. The summed E-state index contributed by atoms with van der Waals surface area (Å²) < 4.78 is 0. The van der Waals surface area contributed by atoms with E-state index in [1.54, 1.807) is 6.20 Å². The van der Waals surface area contributed by atoms with Gasteiger partial charge in [-0.25, -0.2) is 9.97 Å². The molecule has 0 atom stereocenters. The number of hydrogen-bond acceptors (Lipinski definition) is 5. The van der Waals surface area contributed by atoms with Gasteiger partial charge in [0.15, 0.2) is 11.5 Å². The number of rotatable bonds is 3. The quantitative estimate of drug-likeness (QED) is 0.815. The van der Waals surface area contributed by atoms with Gasteiger partial charge in [0.25, 0.3) is 5.91 Å². The van der Waals surface area contributed by atoms with Crippen LogP contribution in [0.1, 0.15) is 41.4 Å². The zero-order valence-corrected chi connectivity index (χ0v) is 10.9. The van der Waals surface area contributed by atoms with E-state index in [1.165, 1.54) is 19.3 Å². The van der Waals surface area contributed by atoms with E-state index in [0.29, 0.717) is 17.4 Å². The van der Waals surface area contributed by atoms with Crippen LogP contribution in [0.15, 0.2) is 6.20 Å². The van der Waals surface area contributed by atoms with Gasteiger partial charge in [-0.3, -0.25) is 4.79 Å². The molecule has 19 heavy (non-hydrogen) atoms. The monoisotopic (exact) mass is 261 g/mol. The highest BCUT2D eigenvalue weighted by Gasteiger charge is 2.25. The number of nitrogens with two attached hydrogens (primary N) is 1. The van der Waals surface area contributed by atoms with Gasteiger partial charge in [0.05, 0.1) is 5.69 Å². The van der Waals surface area contributed by atoms with Crippen LogP contribution < -0.4 is 16.0 Å². The van der Waals surface area contributed by atoms with Crippen LogP contribution in [0.5, 0.6) is 0 Å². The van der Waals surface area contributed by atoms with Gasteiger partial charge in [-0.05, 0) is 12.8 Å². The second kappa shape index (κ2) is 5.13. The van der Waals surface area contributed by atoms with Gasteiger partial charge in [-0.2, -0.15) is 0 Å². The average Bonchev–Trinajstić information content (AvgIpc) is 2.37. The van der Waals surface area contributed by atoms with Gasteiger partial charge in [-0.15, -0.1) is 0 Å². The Labute approximate surface area is 112 Å². The summed E-state index contributed by atoms with van der Waals surface area (Å²) in [6.45, 7) is 3.47. The molecule has 3 rings (SSSR count). The minimum Gasteiger partial charge on any atom is -0.364 e. The van der Waals surface area contributed by atoms with E-state index in [-0.39, 0.29) is 0 Å². The molecule has 0 unspecified atom stereocenters. The van der Waals surface area contributed by atoms with E-state index < -0.39 is 5.91 Å². The normalized spacial score (nSPS) is 20.1. The van der Waals surface area contributed by atoms with Crippen molar-refractivity contribution in [2.45, 2.75) is 25.2 Å². The van der Waals surface area contributed by atoms with Gasteiger partial charge in [0, 0.05) is 38.3 Å². The van der Waals surface area contributed by atoms with Crippen molar-refractivity contribution in [2.24, 2.45) is 5.73 Å². The fraction of sp³-hybridized carbons (Fsp3) is 0.615. The summed E-state index contributed by atoms with van der Waals surface area (Å²) in [6, 6.07) is 0. The molecule has 6 nitrogen and oxygen atoms in total. The van der Waals surface area contributed by atoms with Crippen molar-refractivity contribution in [1.82, 2.24) is 15.3 Å². The van der Waals surface area contributed by atoms with Gasteiger partial charge in [0.2, 0.25) is 0 Å². The second-order valence-corrected chi connectivity index (χ2v) is 5.20. The van der Waals surface area contributed by atoms with Crippen LogP contribution in [0, 0.1) is 0 Å². The summed E-state index contributed by atoms with van der Waals surface area (Å²) in [4.78, 5) is 22.5. The lowest BCUT2D eigenvalue weighted by Gasteiger charge is -2.31. The molecular weight excluding hydrogens is 242 g/mol. The Bertz CT molecular complexity index is 480. The lowest BCUT2D eigenvalue weighted by molar-refractivity contribution is 0.0995. The number of nitrogens with zero attached hydrogens (tertiary/aromatic N) is 3. The Kier molecular flexibility index (Phi) is 3.33. The van der Waals surface area contributed by atoms with Crippen LogP contribution >= 0.6 is 0 Å². The lowest BCUT2D eigenvalue weighted by atomic mass is 9.83. The van der Waals surface area contributed by atoms with Crippen molar-refractivity contribution < 1.29 is 4.79 Å². The summed E-state index contributed by atoms with van der Waals surface area (Å²) in [5, 5.41) is 3.29. The maximum atomic E-state index is 11.5. The molecule has 0 spiro atoms. The first-order valence-electron chi connectivity index (χ1n) is 6.88. The average molecular weight is 261 g/mol. The molecule has 1 aliphatic carbocycles. The molecule has 6 heteroatoms. The molecule has 1 aliphatic heterocycles. The molecule has 2 heterocycles. The SMILES string of the molecule is NC(=O)c1ncc(C2CCC2)nc1N1CCNCC1. The summed E-state index contributed by atoms with van der Waals surface area (Å²) in [6.07, 6.45) is 5.32. The number of aromatic nitrogens is 2.